The molecule has 0 radical (unpaired) electrons. The summed E-state index contributed by atoms with van der Waals surface area (Å²) in [5.74, 6) is -0.457. The van der Waals surface area contributed by atoms with Gasteiger partial charge in [0.15, 0.2) is 0 Å². The smallest absolute Gasteiger partial charge is 0.390 e. The number of aliphatic hydroxyl groups is 1. The number of alkyl halides is 3. The Labute approximate surface area is 185 Å². The zero-order chi connectivity index (χ0) is 23.5. The van der Waals surface area contributed by atoms with Gasteiger partial charge in [-0.2, -0.15) is 13.2 Å². The summed E-state index contributed by atoms with van der Waals surface area (Å²) in [6, 6.07) is 0.949. The van der Waals surface area contributed by atoms with Crippen molar-refractivity contribution in [3.8, 4) is 0 Å². The minimum Gasteiger partial charge on any atom is -0.390 e. The Kier molecular flexibility index (Phi) is 5.47. The molecule has 9 heteroatoms. The minimum atomic E-state index is -4.75. The van der Waals surface area contributed by atoms with Gasteiger partial charge in [0.2, 0.25) is 5.91 Å². The fraction of sp³-hybridized carbons (Fsp3) is 0.652. The number of halogens is 3. The molecule has 4 fully saturated rings. The van der Waals surface area contributed by atoms with Gasteiger partial charge in [-0.15, -0.1) is 0 Å². The van der Waals surface area contributed by atoms with E-state index in [-0.39, 0.29) is 23.8 Å². The first-order valence-corrected chi connectivity index (χ1v) is 11.1. The predicted octanol–water partition coefficient (Wildman–Crippen LogP) is 3.42. The quantitative estimate of drug-likeness (QED) is 0.639. The van der Waals surface area contributed by atoms with E-state index in [1.54, 1.807) is 13.8 Å². The lowest BCUT2D eigenvalue weighted by Crippen LogP contribution is -2.61. The van der Waals surface area contributed by atoms with Crippen LogP contribution in [0.25, 0.3) is 6.20 Å². The zero-order valence-electron chi connectivity index (χ0n) is 18.5. The Morgan fingerprint density at radius 3 is 2.34 bits per heavy atom. The standard InChI is InChI=1S/C23H30F3N3O3/c1-21(2,20(31)27-3)5-7-29-6-4-16(18(29)23(24,25)26)19(30)28-17-14-8-13-9-15(17)12-22(32,10-13)11-14/h4-7,13-15,17,32H,8-12H2,1-3H3,(H,27,31)(H,28,30). The highest BCUT2D eigenvalue weighted by molar-refractivity contribution is 5.96. The average molecular weight is 454 g/mol. The van der Waals surface area contributed by atoms with Gasteiger partial charge in [-0.3, -0.25) is 9.59 Å². The Balaban J connectivity index is 1.57. The SMILES string of the molecule is CNC(=O)C(C)(C)C=Cn1ccc(C(=O)NC2C3CC4CC2CC(O)(C4)C3)c1C(F)(F)F. The molecule has 0 aliphatic heterocycles. The van der Waals surface area contributed by atoms with Crippen molar-refractivity contribution in [2.75, 3.05) is 7.05 Å². The van der Waals surface area contributed by atoms with Crippen LogP contribution in [0, 0.1) is 23.2 Å². The molecule has 4 aliphatic rings. The van der Waals surface area contributed by atoms with Gasteiger partial charge in [0, 0.05) is 25.5 Å². The van der Waals surface area contributed by atoms with E-state index in [2.05, 4.69) is 10.6 Å². The number of carbonyl (C=O) groups is 2. The molecule has 4 saturated carbocycles. The minimum absolute atomic E-state index is 0.0971. The molecule has 3 N–H and O–H groups in total. The molecular weight excluding hydrogens is 423 g/mol. The molecule has 1 heterocycles. The van der Waals surface area contributed by atoms with Crippen LogP contribution in [-0.2, 0) is 11.0 Å². The third-order valence-corrected chi connectivity index (χ3v) is 7.43. The van der Waals surface area contributed by atoms with E-state index < -0.39 is 34.4 Å². The van der Waals surface area contributed by atoms with Crippen molar-refractivity contribution in [3.05, 3.63) is 29.6 Å². The maximum atomic E-state index is 13.9. The van der Waals surface area contributed by atoms with E-state index in [0.29, 0.717) is 18.8 Å². The van der Waals surface area contributed by atoms with Crippen LogP contribution < -0.4 is 10.6 Å². The van der Waals surface area contributed by atoms with Crippen LogP contribution >= 0.6 is 0 Å². The summed E-state index contributed by atoms with van der Waals surface area (Å²) >= 11 is 0. The molecule has 0 aromatic carbocycles. The summed E-state index contributed by atoms with van der Waals surface area (Å²) in [5.41, 5.74) is -3.21. The van der Waals surface area contributed by atoms with E-state index in [9.17, 15) is 27.9 Å². The number of rotatable bonds is 5. The van der Waals surface area contributed by atoms with Crippen LogP contribution in [0.15, 0.2) is 18.3 Å². The van der Waals surface area contributed by atoms with Gasteiger partial charge in [-0.05, 0) is 69.8 Å². The molecular formula is C23H30F3N3O3. The normalized spacial score (nSPS) is 31.8. The molecule has 32 heavy (non-hydrogen) atoms. The Bertz CT molecular complexity index is 934. The zero-order valence-corrected chi connectivity index (χ0v) is 18.5. The summed E-state index contributed by atoms with van der Waals surface area (Å²) in [6.45, 7) is 3.18. The van der Waals surface area contributed by atoms with Gasteiger partial charge in [-0.25, -0.2) is 0 Å². The lowest BCUT2D eigenvalue weighted by Gasteiger charge is -2.58. The fourth-order valence-electron chi connectivity index (χ4n) is 6.16. The van der Waals surface area contributed by atoms with E-state index in [1.807, 2.05) is 0 Å². The fourth-order valence-corrected chi connectivity index (χ4v) is 6.16. The van der Waals surface area contributed by atoms with Crippen LogP contribution in [0.2, 0.25) is 0 Å². The average Bonchev–Trinajstić information content (AvgIpc) is 3.12. The molecule has 4 bridgehead atoms. The Morgan fingerprint density at radius 2 is 1.81 bits per heavy atom. The van der Waals surface area contributed by atoms with Crippen molar-refractivity contribution in [2.24, 2.45) is 23.2 Å². The lowest BCUT2D eigenvalue weighted by atomic mass is 9.52. The van der Waals surface area contributed by atoms with Crippen LogP contribution in [0.3, 0.4) is 0 Å². The first-order chi connectivity index (χ1) is 14.8. The molecule has 6 nitrogen and oxygen atoms in total. The topological polar surface area (TPSA) is 83.4 Å². The van der Waals surface area contributed by atoms with Gasteiger partial charge < -0.3 is 20.3 Å². The highest BCUT2D eigenvalue weighted by Gasteiger charge is 2.55. The monoisotopic (exact) mass is 453 g/mol. The molecule has 2 amide bonds. The van der Waals surface area contributed by atoms with Crippen molar-refractivity contribution in [2.45, 2.75) is 63.8 Å². The van der Waals surface area contributed by atoms with Gasteiger partial charge in [0.05, 0.1) is 16.6 Å². The van der Waals surface area contributed by atoms with Crippen molar-refractivity contribution in [1.82, 2.24) is 15.2 Å². The second-order valence-electron chi connectivity index (χ2n) is 10.3. The van der Waals surface area contributed by atoms with Gasteiger partial charge in [0.1, 0.15) is 5.69 Å². The van der Waals surface area contributed by atoms with E-state index >= 15 is 0 Å². The number of amides is 2. The van der Waals surface area contributed by atoms with Crippen molar-refractivity contribution in [1.29, 1.82) is 0 Å². The van der Waals surface area contributed by atoms with Gasteiger partial charge in [-0.1, -0.05) is 6.08 Å². The highest BCUT2D eigenvalue weighted by Crippen LogP contribution is 2.55. The lowest BCUT2D eigenvalue weighted by molar-refractivity contribution is -0.142. The Hall–Kier alpha value is -2.29. The molecule has 176 valence electrons. The number of hydrogen-bond acceptors (Lipinski definition) is 3. The number of hydrogen-bond donors (Lipinski definition) is 3. The van der Waals surface area contributed by atoms with Crippen LogP contribution in [-0.4, -0.2) is 40.2 Å². The maximum Gasteiger partial charge on any atom is 0.432 e. The van der Waals surface area contributed by atoms with E-state index in [1.165, 1.54) is 31.6 Å². The van der Waals surface area contributed by atoms with Gasteiger partial charge in [0.25, 0.3) is 5.91 Å². The first kappa shape index (κ1) is 22.9. The second-order valence-corrected chi connectivity index (χ2v) is 10.3. The summed E-state index contributed by atoms with van der Waals surface area (Å²) in [5, 5.41) is 16.1. The summed E-state index contributed by atoms with van der Waals surface area (Å²) < 4.78 is 42.6. The van der Waals surface area contributed by atoms with Crippen LogP contribution in [0.5, 0.6) is 0 Å². The largest absolute Gasteiger partial charge is 0.432 e. The molecule has 1 aromatic rings. The highest BCUT2D eigenvalue weighted by atomic mass is 19.4. The second kappa shape index (κ2) is 7.64. The number of nitrogens with zero attached hydrogens (tertiary/aromatic N) is 1. The first-order valence-electron chi connectivity index (χ1n) is 11.1. The Morgan fingerprint density at radius 1 is 1.19 bits per heavy atom. The van der Waals surface area contributed by atoms with Crippen LogP contribution in [0.1, 0.15) is 62.0 Å². The van der Waals surface area contributed by atoms with Crippen molar-refractivity contribution in [3.63, 3.8) is 0 Å². The summed E-state index contributed by atoms with van der Waals surface area (Å²) in [4.78, 5) is 24.9. The van der Waals surface area contributed by atoms with Crippen LogP contribution in [0.4, 0.5) is 13.2 Å². The molecule has 1 aromatic heterocycles. The third kappa shape index (κ3) is 4.07. The molecule has 4 aliphatic carbocycles. The summed E-state index contributed by atoms with van der Waals surface area (Å²) in [7, 11) is 1.46. The third-order valence-electron chi connectivity index (χ3n) is 7.43. The van der Waals surface area contributed by atoms with Gasteiger partial charge >= 0.3 is 6.18 Å². The molecule has 0 saturated heterocycles. The maximum absolute atomic E-state index is 13.9. The van der Waals surface area contributed by atoms with Crippen molar-refractivity contribution >= 4 is 18.0 Å². The number of nitrogens with one attached hydrogen (secondary N) is 2. The van der Waals surface area contributed by atoms with Crippen molar-refractivity contribution < 1.29 is 27.9 Å². The van der Waals surface area contributed by atoms with E-state index in [0.717, 1.165) is 23.8 Å². The number of carbonyl (C=O) groups excluding carboxylic acids is 2. The predicted molar refractivity (Wildman–Crippen MR) is 112 cm³/mol. The molecule has 5 rings (SSSR count). The molecule has 2 unspecified atom stereocenters. The van der Waals surface area contributed by atoms with E-state index in [4.69, 9.17) is 0 Å². The summed E-state index contributed by atoms with van der Waals surface area (Å²) in [6.07, 6.45) is 2.76. The molecule has 0 spiro atoms. The number of aromatic nitrogens is 1. The molecule has 2 atom stereocenters.